The monoisotopic (exact) mass is 311 g/mol. The first-order valence-electron chi connectivity index (χ1n) is 8.02. The molecule has 1 saturated heterocycles. The Labute approximate surface area is 130 Å². The lowest BCUT2D eigenvalue weighted by Crippen LogP contribution is -2.42. The van der Waals surface area contributed by atoms with Gasteiger partial charge >= 0.3 is 0 Å². The molecule has 2 nitrogen and oxygen atoms in total. The van der Waals surface area contributed by atoms with Crippen molar-refractivity contribution in [1.29, 1.82) is 0 Å². The Morgan fingerprint density at radius 1 is 1.19 bits per heavy atom. The van der Waals surface area contributed by atoms with Crippen molar-refractivity contribution in [3.05, 3.63) is 34.6 Å². The summed E-state index contributed by atoms with van der Waals surface area (Å²) in [5, 5.41) is 10.5. The molecular weight excluding hydrogens is 289 g/mol. The number of likely N-dealkylation sites (tertiary alicyclic amines) is 1. The van der Waals surface area contributed by atoms with Gasteiger partial charge in [-0.3, -0.25) is 4.90 Å². The van der Waals surface area contributed by atoms with Gasteiger partial charge in [0.15, 0.2) is 0 Å². The maximum absolute atomic E-state index is 13.6. The summed E-state index contributed by atoms with van der Waals surface area (Å²) in [7, 11) is 0. The van der Waals surface area contributed by atoms with E-state index >= 15 is 0 Å². The zero-order valence-corrected chi connectivity index (χ0v) is 13.0. The second kappa shape index (κ2) is 6.64. The first-order valence-corrected chi connectivity index (χ1v) is 8.39. The zero-order valence-electron chi connectivity index (χ0n) is 12.3. The van der Waals surface area contributed by atoms with Gasteiger partial charge in [0, 0.05) is 18.5 Å². The van der Waals surface area contributed by atoms with E-state index in [1.54, 1.807) is 6.07 Å². The number of hydrogen-bond acceptors (Lipinski definition) is 2. The maximum atomic E-state index is 13.6. The van der Waals surface area contributed by atoms with Gasteiger partial charge in [-0.15, -0.1) is 0 Å². The SMILES string of the molecule is OC1CCCCC1C1CCCN1Cc1cccc(F)c1Cl. The van der Waals surface area contributed by atoms with Gasteiger partial charge in [0.2, 0.25) is 0 Å². The zero-order chi connectivity index (χ0) is 14.8. The molecule has 21 heavy (non-hydrogen) atoms. The van der Waals surface area contributed by atoms with Crippen LogP contribution in [0, 0.1) is 11.7 Å². The van der Waals surface area contributed by atoms with Gasteiger partial charge in [-0.1, -0.05) is 36.6 Å². The summed E-state index contributed by atoms with van der Waals surface area (Å²) in [5.74, 6) is 0.0243. The molecule has 3 unspecified atom stereocenters. The largest absolute Gasteiger partial charge is 0.393 e. The number of rotatable bonds is 3. The van der Waals surface area contributed by atoms with Crippen molar-refractivity contribution in [2.45, 2.75) is 57.2 Å². The molecule has 0 bridgehead atoms. The van der Waals surface area contributed by atoms with Crippen molar-refractivity contribution in [2.24, 2.45) is 5.92 Å². The summed E-state index contributed by atoms with van der Waals surface area (Å²) >= 11 is 6.08. The van der Waals surface area contributed by atoms with E-state index in [0.29, 0.717) is 18.5 Å². The lowest BCUT2D eigenvalue weighted by molar-refractivity contribution is 0.0201. The summed E-state index contributed by atoms with van der Waals surface area (Å²) in [6.45, 7) is 1.70. The Kier molecular flexibility index (Phi) is 4.82. The topological polar surface area (TPSA) is 23.5 Å². The maximum Gasteiger partial charge on any atom is 0.142 e. The second-order valence-electron chi connectivity index (χ2n) is 6.41. The number of halogens is 2. The first kappa shape index (κ1) is 15.3. The highest BCUT2D eigenvalue weighted by molar-refractivity contribution is 6.31. The van der Waals surface area contributed by atoms with Crippen LogP contribution in [0.25, 0.3) is 0 Å². The van der Waals surface area contributed by atoms with E-state index in [2.05, 4.69) is 4.90 Å². The molecular formula is C17H23ClFNO. The molecule has 116 valence electrons. The highest BCUT2D eigenvalue weighted by Gasteiger charge is 2.36. The number of aliphatic hydroxyl groups is 1. The van der Waals surface area contributed by atoms with Crippen molar-refractivity contribution in [1.82, 2.24) is 4.90 Å². The highest BCUT2D eigenvalue weighted by atomic mass is 35.5. The molecule has 1 aromatic carbocycles. The van der Waals surface area contributed by atoms with E-state index in [0.717, 1.165) is 44.2 Å². The molecule has 4 heteroatoms. The lowest BCUT2D eigenvalue weighted by Gasteiger charge is -2.37. The number of hydrogen-bond donors (Lipinski definition) is 1. The molecule has 3 atom stereocenters. The van der Waals surface area contributed by atoms with Gasteiger partial charge in [-0.2, -0.15) is 0 Å². The van der Waals surface area contributed by atoms with E-state index in [4.69, 9.17) is 11.6 Å². The fourth-order valence-corrected chi connectivity index (χ4v) is 4.20. The summed E-state index contributed by atoms with van der Waals surface area (Å²) in [6, 6.07) is 5.44. The van der Waals surface area contributed by atoms with Crippen LogP contribution < -0.4 is 0 Å². The van der Waals surface area contributed by atoms with Gasteiger partial charge in [0.1, 0.15) is 5.82 Å². The molecule has 1 heterocycles. The average Bonchev–Trinajstić information content (AvgIpc) is 2.92. The normalized spacial score (nSPS) is 30.7. The fourth-order valence-electron chi connectivity index (χ4n) is 4.01. The van der Waals surface area contributed by atoms with Crippen LogP contribution in [0.1, 0.15) is 44.1 Å². The van der Waals surface area contributed by atoms with Gasteiger partial charge < -0.3 is 5.11 Å². The lowest BCUT2D eigenvalue weighted by atomic mass is 9.80. The molecule has 0 spiro atoms. The molecule has 1 aliphatic heterocycles. The summed E-state index contributed by atoms with van der Waals surface area (Å²) in [5.41, 5.74) is 0.855. The Hall–Kier alpha value is -0.640. The Morgan fingerprint density at radius 3 is 2.81 bits per heavy atom. The van der Waals surface area contributed by atoms with E-state index in [9.17, 15) is 9.50 Å². The third kappa shape index (κ3) is 3.25. The second-order valence-corrected chi connectivity index (χ2v) is 6.79. The molecule has 2 fully saturated rings. The van der Waals surface area contributed by atoms with Crippen LogP contribution in [0.3, 0.4) is 0 Å². The predicted molar refractivity (Wildman–Crippen MR) is 82.8 cm³/mol. The van der Waals surface area contributed by atoms with Crippen LogP contribution >= 0.6 is 11.6 Å². The van der Waals surface area contributed by atoms with Crippen molar-refractivity contribution >= 4 is 11.6 Å². The molecule has 1 aromatic rings. The van der Waals surface area contributed by atoms with Crippen LogP contribution in [-0.2, 0) is 6.54 Å². The average molecular weight is 312 g/mol. The third-order valence-corrected chi connectivity index (χ3v) is 5.52. The minimum Gasteiger partial charge on any atom is -0.393 e. The van der Waals surface area contributed by atoms with Crippen molar-refractivity contribution in [3.63, 3.8) is 0 Å². The van der Waals surface area contributed by atoms with Crippen molar-refractivity contribution in [3.8, 4) is 0 Å². The predicted octanol–water partition coefficient (Wildman–Crippen LogP) is 3.99. The quantitative estimate of drug-likeness (QED) is 0.912. The molecule has 1 aliphatic carbocycles. The van der Waals surface area contributed by atoms with Crippen molar-refractivity contribution < 1.29 is 9.50 Å². The van der Waals surface area contributed by atoms with Gasteiger partial charge in [-0.05, 0) is 43.9 Å². The molecule has 2 aliphatic rings. The number of nitrogens with zero attached hydrogens (tertiary/aromatic N) is 1. The van der Waals surface area contributed by atoms with Crippen LogP contribution in [0.4, 0.5) is 4.39 Å². The fraction of sp³-hybridized carbons (Fsp3) is 0.647. The Morgan fingerprint density at radius 2 is 2.00 bits per heavy atom. The van der Waals surface area contributed by atoms with Crippen LogP contribution in [0.2, 0.25) is 5.02 Å². The van der Waals surface area contributed by atoms with Gasteiger partial charge in [-0.25, -0.2) is 4.39 Å². The minimum absolute atomic E-state index is 0.174. The molecule has 1 N–H and O–H groups in total. The van der Waals surface area contributed by atoms with Gasteiger partial charge in [0.05, 0.1) is 11.1 Å². The summed E-state index contributed by atoms with van der Waals surface area (Å²) in [4.78, 5) is 2.39. The third-order valence-electron chi connectivity index (χ3n) is 5.10. The van der Waals surface area contributed by atoms with E-state index in [1.165, 1.54) is 12.5 Å². The summed E-state index contributed by atoms with van der Waals surface area (Å²) < 4.78 is 13.6. The van der Waals surface area contributed by atoms with Crippen molar-refractivity contribution in [2.75, 3.05) is 6.54 Å². The van der Waals surface area contributed by atoms with E-state index in [-0.39, 0.29) is 16.9 Å². The summed E-state index contributed by atoms with van der Waals surface area (Å²) in [6.07, 6.45) is 6.50. The molecule has 0 amide bonds. The Balaban J connectivity index is 1.73. The molecule has 3 rings (SSSR count). The smallest absolute Gasteiger partial charge is 0.142 e. The molecule has 1 saturated carbocycles. The standard InChI is InChI=1S/C17H23ClFNO/c18-17-12(5-3-7-14(17)19)11-20-10-4-8-15(20)13-6-1-2-9-16(13)21/h3,5,7,13,15-16,21H,1-2,4,6,8-11H2. The number of aliphatic hydroxyl groups excluding tert-OH is 1. The highest BCUT2D eigenvalue weighted by Crippen LogP contribution is 2.36. The molecule has 0 radical (unpaired) electrons. The van der Waals surface area contributed by atoms with Crippen LogP contribution in [0.15, 0.2) is 18.2 Å². The van der Waals surface area contributed by atoms with Crippen LogP contribution in [0.5, 0.6) is 0 Å². The van der Waals surface area contributed by atoms with E-state index < -0.39 is 0 Å². The minimum atomic E-state index is -0.345. The number of benzene rings is 1. The first-order chi connectivity index (χ1) is 10.2. The van der Waals surface area contributed by atoms with Crippen LogP contribution in [-0.4, -0.2) is 28.7 Å². The Bertz CT molecular complexity index is 496. The van der Waals surface area contributed by atoms with E-state index in [1.807, 2.05) is 6.07 Å². The van der Waals surface area contributed by atoms with Gasteiger partial charge in [0.25, 0.3) is 0 Å². The molecule has 0 aromatic heterocycles.